The summed E-state index contributed by atoms with van der Waals surface area (Å²) < 4.78 is 71.1. The van der Waals surface area contributed by atoms with Crippen molar-refractivity contribution in [1.82, 2.24) is 10.2 Å². The van der Waals surface area contributed by atoms with E-state index >= 15 is 0 Å². The van der Waals surface area contributed by atoms with Gasteiger partial charge in [-0.25, -0.2) is 8.42 Å². The summed E-state index contributed by atoms with van der Waals surface area (Å²) in [5.74, 6) is -0.945. The number of fused-ring (bicyclic) bond motifs is 2. The zero-order valence-electron chi connectivity index (χ0n) is 32.2. The molecule has 0 spiro atoms. The summed E-state index contributed by atoms with van der Waals surface area (Å²) in [4.78, 5) is 38.5. The Hall–Kier alpha value is -4.96. The highest BCUT2D eigenvalue weighted by atomic mass is 32.2. The Kier molecular flexibility index (Phi) is 12.5. The molecule has 3 aliphatic heterocycles. The summed E-state index contributed by atoms with van der Waals surface area (Å²) in [7, 11) is -9.01. The van der Waals surface area contributed by atoms with Gasteiger partial charge in [-0.3, -0.25) is 23.8 Å². The number of hydrogen-bond acceptors (Lipinski definition) is 9. The predicted molar refractivity (Wildman–Crippen MR) is 212 cm³/mol. The average molecular weight is 805 g/mol. The third kappa shape index (κ3) is 9.02. The molecule has 56 heavy (non-hydrogen) atoms. The van der Waals surface area contributed by atoms with Gasteiger partial charge in [0.1, 0.15) is 16.7 Å². The van der Waals surface area contributed by atoms with Crippen LogP contribution >= 0.6 is 0 Å². The van der Waals surface area contributed by atoms with Crippen LogP contribution in [0.1, 0.15) is 71.4 Å². The highest BCUT2D eigenvalue weighted by Crippen LogP contribution is 2.48. The average Bonchev–Trinajstić information content (AvgIpc) is 3.64. The Morgan fingerprint density at radius 3 is 2.14 bits per heavy atom. The molecule has 3 aliphatic rings. The van der Waals surface area contributed by atoms with Crippen LogP contribution in [0.5, 0.6) is 0 Å². The molecule has 0 unspecified atom stereocenters. The van der Waals surface area contributed by atoms with Crippen LogP contribution in [0.4, 0.5) is 11.4 Å². The minimum atomic E-state index is -4.59. The van der Waals surface area contributed by atoms with Gasteiger partial charge in [-0.15, -0.1) is 0 Å². The van der Waals surface area contributed by atoms with Crippen LogP contribution in [0.2, 0.25) is 0 Å². The lowest BCUT2D eigenvalue weighted by Gasteiger charge is -2.25. The van der Waals surface area contributed by atoms with Gasteiger partial charge in [0.05, 0.1) is 15.2 Å². The standard InChI is InChI=1S/C41H48N4O9S2/c1-6-43-33-20-18-29(55(49,50)51)27-31(33)40(2,3)35(43)15-11-8-7-9-12-16-36-41(4,5)32-28-30(56(52,53)54)19-21-34(32)44(36)25-14-10-13-17-37(46)42-24-26-45-38(47)22-23-39(45)48/h7-9,11-12,15-16,18-23,27-28H,6,10,13-14,17,24-26H2,1-5H3,(H2-,42,46,49,50,51,52,53,54). The van der Waals surface area contributed by atoms with Gasteiger partial charge in [0.25, 0.3) is 21.9 Å². The van der Waals surface area contributed by atoms with Crippen molar-refractivity contribution in [3.8, 4) is 0 Å². The molecule has 0 radical (unpaired) electrons. The third-order valence-electron chi connectivity index (χ3n) is 10.4. The van der Waals surface area contributed by atoms with Crippen molar-refractivity contribution in [2.75, 3.05) is 31.1 Å². The number of carbonyl (C=O) groups is 3. The van der Waals surface area contributed by atoms with Gasteiger partial charge in [0, 0.05) is 79.1 Å². The first-order chi connectivity index (χ1) is 26.3. The highest BCUT2D eigenvalue weighted by molar-refractivity contribution is 7.86. The first-order valence-corrected chi connectivity index (χ1v) is 21.3. The Labute approximate surface area is 329 Å². The Bertz CT molecular complexity index is 2320. The van der Waals surface area contributed by atoms with Gasteiger partial charge in [-0.05, 0) is 75.6 Å². The Morgan fingerprint density at radius 2 is 1.48 bits per heavy atom. The van der Waals surface area contributed by atoms with E-state index in [-0.39, 0.29) is 40.6 Å². The summed E-state index contributed by atoms with van der Waals surface area (Å²) in [6, 6.07) is 9.10. The molecule has 0 bridgehead atoms. The van der Waals surface area contributed by atoms with Crippen LogP contribution in [0.25, 0.3) is 0 Å². The van der Waals surface area contributed by atoms with Crippen LogP contribution in [0.3, 0.4) is 0 Å². The van der Waals surface area contributed by atoms with Crippen molar-refractivity contribution in [1.29, 1.82) is 0 Å². The minimum Gasteiger partial charge on any atom is -0.744 e. The van der Waals surface area contributed by atoms with E-state index in [0.717, 1.165) is 51.7 Å². The zero-order chi connectivity index (χ0) is 41.1. The number of amides is 3. The topological polar surface area (TPSA) is 184 Å². The predicted octanol–water partition coefficient (Wildman–Crippen LogP) is 5.19. The largest absolute Gasteiger partial charge is 0.744 e. The van der Waals surface area contributed by atoms with Crippen molar-refractivity contribution in [3.05, 3.63) is 108 Å². The molecular weight excluding hydrogens is 757 g/mol. The normalized spacial score (nSPS) is 18.4. The number of nitrogens with one attached hydrogen (secondary N) is 1. The molecule has 298 valence electrons. The number of carbonyl (C=O) groups excluding carboxylic acids is 3. The van der Waals surface area contributed by atoms with E-state index in [1.54, 1.807) is 12.1 Å². The number of benzene rings is 2. The number of unbranched alkanes of at least 4 members (excludes halogenated alkanes) is 2. The van der Waals surface area contributed by atoms with Crippen LogP contribution in [0, 0.1) is 0 Å². The molecule has 0 saturated heterocycles. The fourth-order valence-corrected chi connectivity index (χ4v) is 8.48. The van der Waals surface area contributed by atoms with Crippen molar-refractivity contribution in [2.45, 2.75) is 80.9 Å². The second-order valence-corrected chi connectivity index (χ2v) is 17.6. The van der Waals surface area contributed by atoms with Crippen LogP contribution in [-0.4, -0.2) is 85.0 Å². The third-order valence-corrected chi connectivity index (χ3v) is 12.1. The molecule has 5 rings (SSSR count). The van der Waals surface area contributed by atoms with E-state index in [2.05, 4.69) is 14.8 Å². The SMILES string of the molecule is CCN1\C(=C/C=C/C=C/C=C/C2=[N+](CCCCCC(=O)NCCN3C(=O)C=CC3=O)c3ccc(S(=O)(=O)O)cc3C2(C)C)C(C)(C)c2cc(S(=O)(=O)[O-])ccc21. The van der Waals surface area contributed by atoms with Gasteiger partial charge in [0.15, 0.2) is 5.71 Å². The monoisotopic (exact) mass is 804 g/mol. The highest BCUT2D eigenvalue weighted by Gasteiger charge is 2.45. The molecule has 13 nitrogen and oxygen atoms in total. The number of allylic oxidation sites excluding steroid dienone is 8. The van der Waals surface area contributed by atoms with Gasteiger partial charge in [-0.1, -0.05) is 44.2 Å². The Morgan fingerprint density at radius 1 is 0.839 bits per heavy atom. The Balaban J connectivity index is 1.26. The molecule has 0 atom stereocenters. The molecule has 15 heteroatoms. The zero-order valence-corrected chi connectivity index (χ0v) is 33.8. The van der Waals surface area contributed by atoms with E-state index in [0.29, 0.717) is 25.9 Å². The van der Waals surface area contributed by atoms with E-state index in [9.17, 15) is 40.3 Å². The van der Waals surface area contributed by atoms with E-state index in [4.69, 9.17) is 0 Å². The van der Waals surface area contributed by atoms with Gasteiger partial charge in [-0.2, -0.15) is 13.0 Å². The van der Waals surface area contributed by atoms with Gasteiger partial charge < -0.3 is 14.8 Å². The smallest absolute Gasteiger partial charge is 0.294 e. The van der Waals surface area contributed by atoms with Crippen molar-refractivity contribution < 1.29 is 44.9 Å². The lowest BCUT2D eigenvalue weighted by atomic mass is 9.81. The molecule has 2 N–H and O–H groups in total. The molecular formula is C41H48N4O9S2. The number of imide groups is 1. The second kappa shape index (κ2) is 16.6. The van der Waals surface area contributed by atoms with Crippen molar-refractivity contribution in [3.63, 3.8) is 0 Å². The summed E-state index contributed by atoms with van der Waals surface area (Å²) in [6.07, 6.45) is 18.2. The van der Waals surface area contributed by atoms with Crippen LogP contribution < -0.4 is 10.2 Å². The summed E-state index contributed by atoms with van der Waals surface area (Å²) in [5, 5.41) is 2.75. The van der Waals surface area contributed by atoms with Gasteiger partial charge in [0.2, 0.25) is 11.6 Å². The van der Waals surface area contributed by atoms with E-state index in [1.807, 2.05) is 77.2 Å². The quantitative estimate of drug-likeness (QED) is 0.0753. The number of hydrogen-bond donors (Lipinski definition) is 2. The van der Waals surface area contributed by atoms with Gasteiger partial charge >= 0.3 is 0 Å². The molecule has 0 aromatic heterocycles. The van der Waals surface area contributed by atoms with Crippen molar-refractivity contribution in [2.24, 2.45) is 0 Å². The summed E-state index contributed by atoms with van der Waals surface area (Å²) in [6.45, 7) is 11.5. The lowest BCUT2D eigenvalue weighted by Crippen LogP contribution is -2.38. The van der Waals surface area contributed by atoms with E-state index < -0.39 is 31.1 Å². The number of anilines is 1. The molecule has 0 aliphatic carbocycles. The summed E-state index contributed by atoms with van der Waals surface area (Å²) in [5.41, 5.74) is 3.96. The fraction of sp³-hybridized carbons (Fsp3) is 0.366. The van der Waals surface area contributed by atoms with Crippen molar-refractivity contribution >= 4 is 55.0 Å². The van der Waals surface area contributed by atoms with Crippen LogP contribution in [0.15, 0.2) is 107 Å². The maximum atomic E-state index is 12.4. The number of likely N-dealkylation sites (N-methyl/N-ethyl adjacent to an activating group) is 1. The molecule has 3 heterocycles. The fourth-order valence-electron chi connectivity index (χ4n) is 7.47. The minimum absolute atomic E-state index is 0.115. The molecule has 2 aromatic rings. The maximum Gasteiger partial charge on any atom is 0.294 e. The molecule has 3 amide bonds. The molecule has 2 aromatic carbocycles. The maximum absolute atomic E-state index is 12.4. The molecule has 0 saturated carbocycles. The lowest BCUT2D eigenvalue weighted by molar-refractivity contribution is -0.438. The number of rotatable bonds is 16. The first-order valence-electron chi connectivity index (χ1n) is 18.5. The first kappa shape index (κ1) is 42.2. The number of nitrogens with zero attached hydrogens (tertiary/aromatic N) is 3. The second-order valence-electron chi connectivity index (χ2n) is 14.8. The molecule has 0 fully saturated rings. The van der Waals surface area contributed by atoms with Crippen LogP contribution in [-0.2, 0) is 45.4 Å². The summed E-state index contributed by atoms with van der Waals surface area (Å²) >= 11 is 0. The van der Waals surface area contributed by atoms with E-state index in [1.165, 1.54) is 36.4 Å².